The third kappa shape index (κ3) is 4.53. The minimum Gasteiger partial charge on any atom is -0.371 e. The molecule has 2 aromatic rings. The quantitative estimate of drug-likeness (QED) is 0.777. The monoisotopic (exact) mass is 404 g/mol. The summed E-state index contributed by atoms with van der Waals surface area (Å²) in [4.78, 5) is 14.4. The van der Waals surface area contributed by atoms with Gasteiger partial charge in [0.1, 0.15) is 5.82 Å². The van der Waals surface area contributed by atoms with Crippen LogP contribution < -0.4 is 14.7 Å². The van der Waals surface area contributed by atoms with Crippen molar-refractivity contribution in [2.45, 2.75) is 25.1 Å². The summed E-state index contributed by atoms with van der Waals surface area (Å²) in [7, 11) is 5.69. The average Bonchev–Trinajstić information content (AvgIpc) is 2.72. The summed E-state index contributed by atoms with van der Waals surface area (Å²) >= 11 is 0. The third-order valence-corrected chi connectivity index (χ3v) is 5.17. The number of hydrogen-bond acceptors (Lipinski definition) is 6. The molecular weight excluding hydrogens is 381 g/mol. The highest BCUT2D eigenvalue weighted by Gasteiger charge is 2.36. The molecule has 1 aliphatic rings. The molecule has 1 saturated heterocycles. The van der Waals surface area contributed by atoms with E-state index < -0.39 is 11.7 Å². The van der Waals surface area contributed by atoms with Crippen molar-refractivity contribution in [3.63, 3.8) is 0 Å². The highest BCUT2D eigenvalue weighted by molar-refractivity contribution is 5.58. The van der Waals surface area contributed by atoms with Gasteiger partial charge in [-0.05, 0) is 37.1 Å². The van der Waals surface area contributed by atoms with Crippen molar-refractivity contribution in [2.24, 2.45) is 0 Å². The molecule has 0 amide bonds. The lowest BCUT2D eigenvalue weighted by Gasteiger charge is -2.39. The molecule has 1 aliphatic heterocycles. The Morgan fingerprint density at radius 1 is 1.14 bits per heavy atom. The molecule has 0 N–H and O–H groups in total. The fourth-order valence-electron chi connectivity index (χ4n) is 3.54. The molecule has 6 nitrogen and oxygen atoms in total. The van der Waals surface area contributed by atoms with Crippen LogP contribution in [0.2, 0.25) is 0 Å². The van der Waals surface area contributed by atoms with Crippen LogP contribution in [0.25, 0.3) is 0 Å². The summed E-state index contributed by atoms with van der Waals surface area (Å²) in [5.74, 6) is 1.40. The lowest BCUT2D eigenvalue weighted by molar-refractivity contribution is -0.137. The van der Waals surface area contributed by atoms with Gasteiger partial charge in [0.05, 0.1) is 17.2 Å². The van der Waals surface area contributed by atoms with E-state index in [9.17, 15) is 13.2 Å². The number of halogens is 3. The normalized spacial score (nSPS) is 15.1. The SMILES string of the molecule is CN(C)c1nccc(N(C)C2CCN(c3ccc(C#N)cc3C(F)(F)F)CC2)n1. The third-order valence-electron chi connectivity index (χ3n) is 5.17. The average molecular weight is 404 g/mol. The first-order valence-corrected chi connectivity index (χ1v) is 9.30. The van der Waals surface area contributed by atoms with Gasteiger partial charge in [-0.15, -0.1) is 0 Å². The summed E-state index contributed by atoms with van der Waals surface area (Å²) in [5, 5.41) is 8.94. The second-order valence-corrected chi connectivity index (χ2v) is 7.28. The lowest BCUT2D eigenvalue weighted by Crippen LogP contribution is -2.44. The van der Waals surface area contributed by atoms with Crippen LogP contribution in [0.3, 0.4) is 0 Å². The number of nitrogens with zero attached hydrogens (tertiary/aromatic N) is 6. The fraction of sp³-hybridized carbons (Fsp3) is 0.450. The van der Waals surface area contributed by atoms with Crippen LogP contribution in [0.5, 0.6) is 0 Å². The maximum Gasteiger partial charge on any atom is 0.418 e. The van der Waals surface area contributed by atoms with Gasteiger partial charge in [-0.1, -0.05) is 0 Å². The van der Waals surface area contributed by atoms with Crippen molar-refractivity contribution < 1.29 is 13.2 Å². The fourth-order valence-corrected chi connectivity index (χ4v) is 3.54. The Kier molecular flexibility index (Phi) is 5.82. The van der Waals surface area contributed by atoms with Crippen LogP contribution in [0.15, 0.2) is 30.5 Å². The predicted molar refractivity (Wildman–Crippen MR) is 106 cm³/mol. The van der Waals surface area contributed by atoms with Crippen molar-refractivity contribution in [2.75, 3.05) is 48.9 Å². The maximum atomic E-state index is 13.5. The van der Waals surface area contributed by atoms with Crippen LogP contribution in [0.4, 0.5) is 30.6 Å². The van der Waals surface area contributed by atoms with Gasteiger partial charge in [0.2, 0.25) is 5.95 Å². The van der Waals surface area contributed by atoms with E-state index in [1.807, 2.05) is 32.1 Å². The highest BCUT2D eigenvalue weighted by Crippen LogP contribution is 2.38. The standard InChI is InChI=1S/C20H23F3N6/c1-27(2)19-25-9-6-18(26-19)28(3)15-7-10-29(11-8-15)17-5-4-14(13-24)12-16(17)20(21,22)23/h4-6,9,12,15H,7-8,10-11H2,1-3H3. The first-order chi connectivity index (χ1) is 13.7. The molecule has 0 unspecified atom stereocenters. The minimum absolute atomic E-state index is 0.0103. The van der Waals surface area contributed by atoms with E-state index >= 15 is 0 Å². The second-order valence-electron chi connectivity index (χ2n) is 7.28. The second kappa shape index (κ2) is 8.15. The smallest absolute Gasteiger partial charge is 0.371 e. The molecule has 3 rings (SSSR count). The zero-order chi connectivity index (χ0) is 21.2. The number of piperidine rings is 1. The van der Waals surface area contributed by atoms with E-state index in [-0.39, 0.29) is 17.3 Å². The molecule has 29 heavy (non-hydrogen) atoms. The minimum atomic E-state index is -4.50. The van der Waals surface area contributed by atoms with Crippen LogP contribution in [-0.4, -0.2) is 50.2 Å². The zero-order valence-electron chi connectivity index (χ0n) is 16.6. The van der Waals surface area contributed by atoms with Crippen molar-refractivity contribution >= 4 is 17.5 Å². The van der Waals surface area contributed by atoms with Gasteiger partial charge in [0, 0.05) is 52.2 Å². The van der Waals surface area contributed by atoms with Crippen molar-refractivity contribution in [1.82, 2.24) is 9.97 Å². The highest BCUT2D eigenvalue weighted by atomic mass is 19.4. The Labute approximate surface area is 168 Å². The molecule has 0 aliphatic carbocycles. The van der Waals surface area contributed by atoms with Gasteiger partial charge in [0.25, 0.3) is 0 Å². The maximum absolute atomic E-state index is 13.5. The number of rotatable bonds is 4. The Hall–Kier alpha value is -3.02. The molecular formula is C20H23F3N6. The summed E-state index contributed by atoms with van der Waals surface area (Å²) < 4.78 is 40.5. The van der Waals surface area contributed by atoms with Gasteiger partial charge in [-0.25, -0.2) is 4.98 Å². The predicted octanol–water partition coefficient (Wildman–Crippen LogP) is 3.54. The summed E-state index contributed by atoms with van der Waals surface area (Å²) in [6.45, 7) is 0.991. The zero-order valence-corrected chi connectivity index (χ0v) is 16.6. The Balaban J connectivity index is 1.74. The summed E-state index contributed by atoms with van der Waals surface area (Å²) in [6, 6.07) is 7.55. The van der Waals surface area contributed by atoms with Gasteiger partial charge in [-0.2, -0.15) is 23.4 Å². The van der Waals surface area contributed by atoms with Crippen molar-refractivity contribution in [1.29, 1.82) is 5.26 Å². The molecule has 1 fully saturated rings. The number of aromatic nitrogens is 2. The van der Waals surface area contributed by atoms with Crippen LogP contribution >= 0.6 is 0 Å². The Morgan fingerprint density at radius 2 is 1.83 bits per heavy atom. The van der Waals surface area contributed by atoms with E-state index in [0.29, 0.717) is 31.9 Å². The van der Waals surface area contributed by atoms with E-state index in [4.69, 9.17) is 5.26 Å². The number of anilines is 3. The van der Waals surface area contributed by atoms with Gasteiger partial charge in [-0.3, -0.25) is 0 Å². The van der Waals surface area contributed by atoms with E-state index in [1.165, 1.54) is 12.1 Å². The molecule has 9 heteroatoms. The van der Waals surface area contributed by atoms with Crippen molar-refractivity contribution in [3.05, 3.63) is 41.6 Å². The van der Waals surface area contributed by atoms with Gasteiger partial charge >= 0.3 is 6.18 Å². The molecule has 154 valence electrons. The molecule has 0 bridgehead atoms. The van der Waals surface area contributed by atoms with Gasteiger partial charge in [0.15, 0.2) is 0 Å². The van der Waals surface area contributed by atoms with Crippen molar-refractivity contribution in [3.8, 4) is 6.07 Å². The lowest BCUT2D eigenvalue weighted by atomic mass is 10.0. The largest absolute Gasteiger partial charge is 0.418 e. The molecule has 0 spiro atoms. The number of alkyl halides is 3. The van der Waals surface area contributed by atoms with Gasteiger partial charge < -0.3 is 14.7 Å². The molecule has 1 aromatic carbocycles. The van der Waals surface area contributed by atoms with E-state index in [0.717, 1.165) is 11.9 Å². The Morgan fingerprint density at radius 3 is 2.41 bits per heavy atom. The van der Waals surface area contributed by atoms with E-state index in [2.05, 4.69) is 14.9 Å². The number of hydrogen-bond donors (Lipinski definition) is 0. The first-order valence-electron chi connectivity index (χ1n) is 9.30. The molecule has 0 radical (unpaired) electrons. The van der Waals surface area contributed by atoms with E-state index in [1.54, 1.807) is 17.2 Å². The first kappa shape index (κ1) is 20.7. The molecule has 1 aromatic heterocycles. The number of benzene rings is 1. The Bertz CT molecular complexity index is 898. The number of nitriles is 1. The van der Waals surface area contributed by atoms with Crippen LogP contribution in [-0.2, 0) is 6.18 Å². The topological polar surface area (TPSA) is 59.3 Å². The summed E-state index contributed by atoms with van der Waals surface area (Å²) in [6.07, 6.45) is -1.39. The molecule has 2 heterocycles. The molecule has 0 atom stereocenters. The summed E-state index contributed by atoms with van der Waals surface area (Å²) in [5.41, 5.74) is -0.611. The van der Waals surface area contributed by atoms with Crippen LogP contribution in [0, 0.1) is 11.3 Å². The molecule has 0 saturated carbocycles. The van der Waals surface area contributed by atoms with Crippen LogP contribution in [0.1, 0.15) is 24.0 Å².